The minimum absolute atomic E-state index is 0.283. The maximum absolute atomic E-state index is 9.36. The zero-order valence-electron chi connectivity index (χ0n) is 13.5. The normalized spacial score (nSPS) is 11.4. The molecular formula is C15H20BrN5OSi. The monoisotopic (exact) mass is 393 g/mol. The van der Waals surface area contributed by atoms with Gasteiger partial charge in [0.2, 0.25) is 0 Å². The molecule has 2 rings (SSSR count). The summed E-state index contributed by atoms with van der Waals surface area (Å²) >= 11 is 3.33. The van der Waals surface area contributed by atoms with E-state index < -0.39 is 8.07 Å². The van der Waals surface area contributed by atoms with Crippen molar-refractivity contribution in [1.82, 2.24) is 14.5 Å². The van der Waals surface area contributed by atoms with Crippen LogP contribution in [0.15, 0.2) is 22.9 Å². The Bertz CT molecular complexity index is 715. The lowest BCUT2D eigenvalue weighted by molar-refractivity contribution is 0.0877. The zero-order valence-corrected chi connectivity index (χ0v) is 16.1. The van der Waals surface area contributed by atoms with Crippen LogP contribution in [0, 0.1) is 11.3 Å². The molecule has 0 aliphatic carbocycles. The van der Waals surface area contributed by atoms with Crippen LogP contribution in [0.4, 0.5) is 5.82 Å². The number of nitrogen functional groups attached to an aromatic ring is 1. The molecule has 0 atom stereocenters. The molecule has 6 nitrogen and oxygen atoms in total. The Balaban J connectivity index is 2.23. The molecule has 0 aliphatic heterocycles. The van der Waals surface area contributed by atoms with Crippen molar-refractivity contribution in [2.24, 2.45) is 0 Å². The third-order valence-electron chi connectivity index (χ3n) is 3.29. The van der Waals surface area contributed by atoms with Crippen LogP contribution in [0.1, 0.15) is 5.69 Å². The van der Waals surface area contributed by atoms with Gasteiger partial charge < -0.3 is 10.5 Å². The van der Waals surface area contributed by atoms with E-state index in [0.717, 1.165) is 11.6 Å². The average molecular weight is 394 g/mol. The number of hydrogen-bond acceptors (Lipinski definition) is 5. The van der Waals surface area contributed by atoms with Gasteiger partial charge in [0.25, 0.3) is 0 Å². The van der Waals surface area contributed by atoms with Crippen molar-refractivity contribution in [3.63, 3.8) is 0 Å². The van der Waals surface area contributed by atoms with E-state index >= 15 is 0 Å². The van der Waals surface area contributed by atoms with Crippen LogP contribution < -0.4 is 5.73 Å². The Hall–Kier alpha value is -1.69. The van der Waals surface area contributed by atoms with Gasteiger partial charge in [0.05, 0.1) is 0 Å². The van der Waals surface area contributed by atoms with Gasteiger partial charge in [-0.3, -0.25) is 4.57 Å². The van der Waals surface area contributed by atoms with Crippen molar-refractivity contribution in [3.05, 3.63) is 28.6 Å². The molecule has 0 saturated carbocycles. The van der Waals surface area contributed by atoms with Crippen molar-refractivity contribution in [2.75, 3.05) is 12.3 Å². The minimum Gasteiger partial charge on any atom is -0.384 e. The van der Waals surface area contributed by atoms with Crippen molar-refractivity contribution in [1.29, 1.82) is 5.26 Å². The van der Waals surface area contributed by atoms with Crippen LogP contribution in [0.2, 0.25) is 25.7 Å². The number of ether oxygens (including phenoxy) is 1. The predicted octanol–water partition coefficient (Wildman–Crippen LogP) is 3.47. The Morgan fingerprint density at radius 1 is 1.39 bits per heavy atom. The molecule has 0 radical (unpaired) electrons. The molecule has 0 aromatic carbocycles. The first kappa shape index (κ1) is 17.7. The number of nitrogens with two attached hydrogens (primary N) is 1. The summed E-state index contributed by atoms with van der Waals surface area (Å²) in [5.41, 5.74) is 6.84. The Morgan fingerprint density at radius 3 is 2.70 bits per heavy atom. The second-order valence-electron chi connectivity index (χ2n) is 6.43. The number of pyridine rings is 1. The van der Waals surface area contributed by atoms with E-state index in [1.165, 1.54) is 0 Å². The summed E-state index contributed by atoms with van der Waals surface area (Å²) < 4.78 is 8.03. The summed E-state index contributed by atoms with van der Waals surface area (Å²) in [5, 5.41) is 9.36. The van der Waals surface area contributed by atoms with Crippen molar-refractivity contribution >= 4 is 29.8 Å². The van der Waals surface area contributed by atoms with Gasteiger partial charge in [-0.2, -0.15) is 5.26 Å². The lowest BCUT2D eigenvalue weighted by Gasteiger charge is -2.16. The van der Waals surface area contributed by atoms with Gasteiger partial charge in [-0.25, -0.2) is 9.97 Å². The molecule has 2 heterocycles. The van der Waals surface area contributed by atoms with Gasteiger partial charge >= 0.3 is 0 Å². The average Bonchev–Trinajstić information content (AvgIpc) is 2.79. The van der Waals surface area contributed by atoms with Gasteiger partial charge in [0.15, 0.2) is 5.69 Å². The number of nitriles is 1. The van der Waals surface area contributed by atoms with E-state index in [1.54, 1.807) is 16.8 Å². The molecular weight excluding hydrogens is 374 g/mol. The molecule has 8 heteroatoms. The van der Waals surface area contributed by atoms with E-state index in [9.17, 15) is 5.26 Å². The van der Waals surface area contributed by atoms with Gasteiger partial charge in [0.1, 0.15) is 29.0 Å². The van der Waals surface area contributed by atoms with Gasteiger partial charge in [-0.05, 0) is 34.1 Å². The van der Waals surface area contributed by atoms with E-state index in [0.29, 0.717) is 28.5 Å². The molecule has 0 fully saturated rings. The van der Waals surface area contributed by atoms with Crippen LogP contribution >= 0.6 is 15.9 Å². The Morgan fingerprint density at radius 2 is 2.13 bits per heavy atom. The van der Waals surface area contributed by atoms with Crippen LogP contribution in [0.5, 0.6) is 0 Å². The van der Waals surface area contributed by atoms with Crippen LogP contribution in [0.3, 0.4) is 0 Å². The molecule has 2 aromatic heterocycles. The van der Waals surface area contributed by atoms with Crippen molar-refractivity contribution in [3.8, 4) is 17.5 Å². The SMILES string of the molecule is C[Si](C)(C)CCOCn1c(-c2ccc(N)nc2)nc(Br)c1C#N. The summed E-state index contributed by atoms with van der Waals surface area (Å²) in [7, 11) is -1.14. The lowest BCUT2D eigenvalue weighted by Crippen LogP contribution is -2.22. The summed E-state index contributed by atoms with van der Waals surface area (Å²) in [6.07, 6.45) is 1.64. The number of anilines is 1. The van der Waals surface area contributed by atoms with E-state index in [4.69, 9.17) is 10.5 Å². The summed E-state index contributed by atoms with van der Waals surface area (Å²) in [4.78, 5) is 8.49. The topological polar surface area (TPSA) is 89.8 Å². The van der Waals surface area contributed by atoms with Crippen molar-refractivity contribution in [2.45, 2.75) is 32.4 Å². The maximum atomic E-state index is 9.36. The summed E-state index contributed by atoms with van der Waals surface area (Å²) in [6.45, 7) is 7.87. The molecule has 23 heavy (non-hydrogen) atoms. The zero-order chi connectivity index (χ0) is 17.0. The number of halogens is 1. The molecule has 0 spiro atoms. The number of rotatable bonds is 6. The van der Waals surface area contributed by atoms with E-state index in [-0.39, 0.29) is 6.73 Å². The number of aromatic nitrogens is 3. The first-order chi connectivity index (χ1) is 10.8. The lowest BCUT2D eigenvalue weighted by atomic mass is 10.2. The number of nitrogens with zero attached hydrogens (tertiary/aromatic N) is 4. The maximum Gasteiger partial charge on any atom is 0.157 e. The highest BCUT2D eigenvalue weighted by molar-refractivity contribution is 9.10. The first-order valence-corrected chi connectivity index (χ1v) is 11.8. The summed E-state index contributed by atoms with van der Waals surface area (Å²) in [6, 6.07) is 6.77. The van der Waals surface area contributed by atoms with Gasteiger partial charge in [-0.15, -0.1) is 0 Å². The molecule has 2 N–H and O–H groups in total. The molecule has 0 bridgehead atoms. The van der Waals surface area contributed by atoms with Crippen LogP contribution in [-0.2, 0) is 11.5 Å². The third-order valence-corrected chi connectivity index (χ3v) is 5.55. The molecule has 0 unspecified atom stereocenters. The smallest absolute Gasteiger partial charge is 0.157 e. The first-order valence-electron chi connectivity index (χ1n) is 7.27. The molecule has 0 aliphatic rings. The Labute approximate surface area is 145 Å². The highest BCUT2D eigenvalue weighted by Crippen LogP contribution is 2.25. The largest absolute Gasteiger partial charge is 0.384 e. The molecule has 122 valence electrons. The highest BCUT2D eigenvalue weighted by Gasteiger charge is 2.18. The minimum atomic E-state index is -1.14. The Kier molecular flexibility index (Phi) is 5.57. The van der Waals surface area contributed by atoms with E-state index in [1.807, 2.05) is 6.07 Å². The predicted molar refractivity (Wildman–Crippen MR) is 96.4 cm³/mol. The molecule has 0 saturated heterocycles. The number of hydrogen-bond donors (Lipinski definition) is 1. The van der Waals surface area contributed by atoms with Crippen LogP contribution in [-0.4, -0.2) is 29.2 Å². The third kappa shape index (κ3) is 4.64. The second-order valence-corrected chi connectivity index (χ2v) is 12.8. The quantitative estimate of drug-likeness (QED) is 0.599. The second kappa shape index (κ2) is 7.25. The standard InChI is InChI=1S/C15H20BrN5OSi/c1-23(2,3)7-6-22-10-21-12(8-17)14(16)20-15(21)11-4-5-13(18)19-9-11/h4-5,9H,6-7,10H2,1-3H3,(H2,18,19). The van der Waals surface area contributed by atoms with Crippen molar-refractivity contribution < 1.29 is 4.74 Å². The van der Waals surface area contributed by atoms with E-state index in [2.05, 4.69) is 51.6 Å². The highest BCUT2D eigenvalue weighted by atomic mass is 79.9. The van der Waals surface area contributed by atoms with Gasteiger partial charge in [0, 0.05) is 26.4 Å². The fourth-order valence-corrected chi connectivity index (χ4v) is 3.18. The molecule has 2 aromatic rings. The fourth-order valence-electron chi connectivity index (χ4n) is 1.95. The fraction of sp³-hybridized carbons (Fsp3) is 0.400. The number of imidazole rings is 1. The summed E-state index contributed by atoms with van der Waals surface area (Å²) in [5.74, 6) is 1.08. The van der Waals surface area contributed by atoms with Crippen LogP contribution in [0.25, 0.3) is 11.4 Å². The van der Waals surface area contributed by atoms with Gasteiger partial charge in [-0.1, -0.05) is 19.6 Å². The molecule has 0 amide bonds.